The summed E-state index contributed by atoms with van der Waals surface area (Å²) >= 11 is 3.02. The number of benzene rings is 2. The fourth-order valence-electron chi connectivity index (χ4n) is 1.89. The minimum atomic E-state index is -3.86. The Bertz CT molecular complexity index is 682. The Hall–Kier alpha value is -1.24. The Morgan fingerprint density at radius 1 is 1.09 bits per heavy atom. The van der Waals surface area contributed by atoms with Crippen LogP contribution in [0.25, 0.3) is 0 Å². The molecule has 4 nitrogen and oxygen atoms in total. The zero-order valence-corrected chi connectivity index (χ0v) is 14.3. The standard InChI is InChI=1S/C15H12BrF2O4P/c16-14-8-12(10-21-9-11-4-2-1-3-5-11)6-7-13(14)15(17,18)22-23(19)20/h1-8H,9-10H2/p+1. The van der Waals surface area contributed by atoms with E-state index in [1.165, 1.54) is 12.1 Å². The van der Waals surface area contributed by atoms with Crippen molar-refractivity contribution in [2.45, 2.75) is 19.3 Å². The van der Waals surface area contributed by atoms with Crippen LogP contribution in [0, 0.1) is 0 Å². The second-order valence-electron chi connectivity index (χ2n) is 4.64. The van der Waals surface area contributed by atoms with E-state index in [1.54, 1.807) is 0 Å². The Balaban J connectivity index is 2.00. The molecule has 0 bridgehead atoms. The van der Waals surface area contributed by atoms with Crippen LogP contribution < -0.4 is 0 Å². The SMILES string of the molecule is O=[P+](O)OC(F)(F)c1ccc(COCc2ccccc2)cc1Br. The molecule has 0 radical (unpaired) electrons. The molecular weight excluding hydrogens is 393 g/mol. The number of hydrogen-bond donors (Lipinski definition) is 1. The molecule has 2 rings (SSSR count). The lowest BCUT2D eigenvalue weighted by atomic mass is 10.1. The van der Waals surface area contributed by atoms with Crippen LogP contribution in [0.5, 0.6) is 0 Å². The lowest BCUT2D eigenvalue weighted by Crippen LogP contribution is -2.15. The summed E-state index contributed by atoms with van der Waals surface area (Å²) in [5, 5.41) is 0. The zero-order valence-electron chi connectivity index (χ0n) is 11.8. The van der Waals surface area contributed by atoms with E-state index < -0.39 is 19.9 Å². The van der Waals surface area contributed by atoms with Gasteiger partial charge in [-0.25, -0.2) is 0 Å². The summed E-state index contributed by atoms with van der Waals surface area (Å²) in [4.78, 5) is 8.49. The van der Waals surface area contributed by atoms with Crippen molar-refractivity contribution in [2.75, 3.05) is 0 Å². The molecule has 0 amide bonds. The quantitative estimate of drug-likeness (QED) is 0.666. The highest BCUT2D eigenvalue weighted by atomic mass is 79.9. The molecule has 0 heterocycles. The molecule has 0 aliphatic carbocycles. The average molecular weight is 406 g/mol. The topological polar surface area (TPSA) is 55.8 Å². The zero-order chi connectivity index (χ0) is 16.9. The number of halogens is 3. The summed E-state index contributed by atoms with van der Waals surface area (Å²) in [6.45, 7) is 0.652. The van der Waals surface area contributed by atoms with Gasteiger partial charge >= 0.3 is 14.4 Å². The smallest absolute Gasteiger partial charge is 0.372 e. The molecule has 0 aromatic heterocycles. The largest absolute Gasteiger partial charge is 0.701 e. The van der Waals surface area contributed by atoms with Gasteiger partial charge < -0.3 is 4.74 Å². The Morgan fingerprint density at radius 3 is 2.35 bits per heavy atom. The van der Waals surface area contributed by atoms with Gasteiger partial charge in [-0.2, -0.15) is 8.78 Å². The maximum atomic E-state index is 13.6. The number of alkyl halides is 2. The van der Waals surface area contributed by atoms with Crippen molar-refractivity contribution in [3.05, 3.63) is 69.7 Å². The summed E-state index contributed by atoms with van der Waals surface area (Å²) in [6, 6.07) is 13.6. The first-order valence-electron chi connectivity index (χ1n) is 6.52. The van der Waals surface area contributed by atoms with Crippen molar-refractivity contribution < 1.29 is 27.5 Å². The highest BCUT2D eigenvalue weighted by Crippen LogP contribution is 2.40. The van der Waals surface area contributed by atoms with Gasteiger partial charge in [-0.15, -0.1) is 4.89 Å². The monoisotopic (exact) mass is 405 g/mol. The van der Waals surface area contributed by atoms with Crippen LogP contribution in [0.15, 0.2) is 53.0 Å². The van der Waals surface area contributed by atoms with Crippen molar-refractivity contribution in [1.82, 2.24) is 0 Å². The Labute approximate surface area is 141 Å². The third-order valence-corrected chi connectivity index (χ3v) is 3.96. The van der Waals surface area contributed by atoms with E-state index in [9.17, 15) is 13.3 Å². The molecule has 0 saturated carbocycles. The summed E-state index contributed by atoms with van der Waals surface area (Å²) < 4.78 is 47.1. The van der Waals surface area contributed by atoms with Crippen LogP contribution in [0.4, 0.5) is 8.78 Å². The fourth-order valence-corrected chi connectivity index (χ4v) is 2.84. The van der Waals surface area contributed by atoms with E-state index in [4.69, 9.17) is 9.63 Å². The number of ether oxygens (including phenoxy) is 1. The summed E-state index contributed by atoms with van der Waals surface area (Å²) in [5.74, 6) is 0. The summed E-state index contributed by atoms with van der Waals surface area (Å²) in [7, 11) is -3.41. The second kappa shape index (κ2) is 8.04. The minimum Gasteiger partial charge on any atom is -0.372 e. The lowest BCUT2D eigenvalue weighted by Gasteiger charge is -2.12. The van der Waals surface area contributed by atoms with Gasteiger partial charge in [0.1, 0.15) is 0 Å². The van der Waals surface area contributed by atoms with E-state index >= 15 is 0 Å². The maximum Gasteiger partial charge on any atom is 0.701 e. The van der Waals surface area contributed by atoms with Crippen molar-refractivity contribution in [3.8, 4) is 0 Å². The molecule has 2 aromatic rings. The predicted molar refractivity (Wildman–Crippen MR) is 83.9 cm³/mol. The molecule has 8 heteroatoms. The third-order valence-electron chi connectivity index (χ3n) is 2.92. The molecule has 0 aliphatic heterocycles. The maximum absolute atomic E-state index is 13.6. The number of hydrogen-bond acceptors (Lipinski definition) is 3. The molecule has 1 unspecified atom stereocenters. The normalized spacial score (nSPS) is 12.3. The van der Waals surface area contributed by atoms with Crippen LogP contribution >= 0.6 is 24.2 Å². The Kier molecular flexibility index (Phi) is 6.33. The molecule has 1 atom stereocenters. The van der Waals surface area contributed by atoms with Crippen LogP contribution in [0.2, 0.25) is 0 Å². The van der Waals surface area contributed by atoms with Crippen molar-refractivity contribution >= 4 is 24.2 Å². The lowest BCUT2D eigenvalue weighted by molar-refractivity contribution is -0.186. The van der Waals surface area contributed by atoms with Crippen molar-refractivity contribution in [3.63, 3.8) is 0 Å². The van der Waals surface area contributed by atoms with E-state index in [-0.39, 0.29) is 11.1 Å². The molecular formula is C15H13BrF2O4P+. The minimum absolute atomic E-state index is 0.0696. The molecule has 0 aliphatic rings. The molecule has 2 aromatic carbocycles. The molecule has 0 spiro atoms. The van der Waals surface area contributed by atoms with E-state index in [0.717, 1.165) is 11.6 Å². The van der Waals surface area contributed by atoms with Crippen molar-refractivity contribution in [2.24, 2.45) is 0 Å². The Morgan fingerprint density at radius 2 is 1.74 bits per heavy atom. The number of rotatable bonds is 7. The highest BCUT2D eigenvalue weighted by molar-refractivity contribution is 9.10. The van der Waals surface area contributed by atoms with Crippen LogP contribution in [0.3, 0.4) is 0 Å². The third kappa shape index (κ3) is 5.41. The molecule has 122 valence electrons. The summed E-state index contributed by atoms with van der Waals surface area (Å²) in [5.41, 5.74) is 1.16. The predicted octanol–water partition coefficient (Wildman–Crippen LogP) is 4.88. The van der Waals surface area contributed by atoms with Crippen molar-refractivity contribution in [1.29, 1.82) is 0 Å². The summed E-state index contributed by atoms with van der Waals surface area (Å²) in [6.07, 6.45) is -3.86. The van der Waals surface area contributed by atoms with Gasteiger partial charge in [0.05, 0.1) is 18.8 Å². The average Bonchev–Trinajstić information content (AvgIpc) is 2.47. The van der Waals surface area contributed by atoms with E-state index in [0.29, 0.717) is 12.2 Å². The first-order chi connectivity index (χ1) is 10.9. The second-order valence-corrected chi connectivity index (χ2v) is 6.15. The molecule has 0 saturated heterocycles. The van der Waals surface area contributed by atoms with Crippen LogP contribution in [-0.2, 0) is 33.1 Å². The van der Waals surface area contributed by atoms with Gasteiger partial charge in [0.25, 0.3) is 0 Å². The van der Waals surface area contributed by atoms with Crippen LogP contribution in [-0.4, -0.2) is 4.89 Å². The van der Waals surface area contributed by atoms with Gasteiger partial charge in [-0.05, 0) is 27.8 Å². The van der Waals surface area contributed by atoms with Gasteiger partial charge in [0.15, 0.2) is 0 Å². The molecule has 1 N–H and O–H groups in total. The van der Waals surface area contributed by atoms with Gasteiger partial charge in [0.2, 0.25) is 0 Å². The highest BCUT2D eigenvalue weighted by Gasteiger charge is 2.44. The van der Waals surface area contributed by atoms with Gasteiger partial charge in [0, 0.05) is 9.04 Å². The molecule has 0 fully saturated rings. The van der Waals surface area contributed by atoms with Gasteiger partial charge in [-0.3, -0.25) is 0 Å². The fraction of sp³-hybridized carbons (Fsp3) is 0.200. The van der Waals surface area contributed by atoms with Gasteiger partial charge in [-0.1, -0.05) is 52.3 Å². The first-order valence-corrected chi connectivity index (χ1v) is 8.44. The molecule has 23 heavy (non-hydrogen) atoms. The van der Waals surface area contributed by atoms with E-state index in [1.807, 2.05) is 30.3 Å². The van der Waals surface area contributed by atoms with Crippen LogP contribution in [0.1, 0.15) is 16.7 Å². The first kappa shape index (κ1) is 18.1. The van der Waals surface area contributed by atoms with E-state index in [2.05, 4.69) is 20.5 Å².